The van der Waals surface area contributed by atoms with Gasteiger partial charge in [0.05, 0.1) is 5.56 Å². The van der Waals surface area contributed by atoms with Crippen molar-refractivity contribution in [3.05, 3.63) is 29.8 Å². The smallest absolute Gasteiger partial charge is 0.255 e. The van der Waals surface area contributed by atoms with Crippen LogP contribution in [0.25, 0.3) is 0 Å². The van der Waals surface area contributed by atoms with Gasteiger partial charge in [0.15, 0.2) is 0 Å². The number of aromatic nitrogens is 1. The summed E-state index contributed by atoms with van der Waals surface area (Å²) >= 11 is 0. The SMILES string of the molecule is CCCC(CCO)CNC(=O)c1cccnc1F. The molecule has 100 valence electrons. The lowest BCUT2D eigenvalue weighted by Crippen LogP contribution is -2.30. The van der Waals surface area contributed by atoms with Crippen LogP contribution in [0.5, 0.6) is 0 Å². The number of hydrogen-bond donors (Lipinski definition) is 2. The van der Waals surface area contributed by atoms with Gasteiger partial charge in [0.1, 0.15) is 0 Å². The number of aliphatic hydroxyl groups is 1. The molecule has 0 aliphatic heterocycles. The molecule has 1 aromatic rings. The fourth-order valence-corrected chi connectivity index (χ4v) is 1.83. The van der Waals surface area contributed by atoms with Gasteiger partial charge in [-0.2, -0.15) is 4.39 Å². The largest absolute Gasteiger partial charge is 0.396 e. The Hall–Kier alpha value is -1.49. The second-order valence-electron chi connectivity index (χ2n) is 4.22. The summed E-state index contributed by atoms with van der Waals surface area (Å²) in [6, 6.07) is 2.92. The lowest BCUT2D eigenvalue weighted by molar-refractivity contribution is 0.0938. The first-order chi connectivity index (χ1) is 8.69. The number of rotatable bonds is 7. The molecule has 0 aliphatic rings. The van der Waals surface area contributed by atoms with E-state index in [-0.39, 0.29) is 18.1 Å². The van der Waals surface area contributed by atoms with Gasteiger partial charge in [-0.3, -0.25) is 4.79 Å². The van der Waals surface area contributed by atoms with Crippen LogP contribution in [0.3, 0.4) is 0 Å². The topological polar surface area (TPSA) is 62.2 Å². The van der Waals surface area contributed by atoms with Crippen LogP contribution in [0, 0.1) is 11.9 Å². The van der Waals surface area contributed by atoms with Crippen molar-refractivity contribution < 1.29 is 14.3 Å². The maximum atomic E-state index is 13.2. The highest BCUT2D eigenvalue weighted by Gasteiger charge is 2.14. The number of halogens is 1. The van der Waals surface area contributed by atoms with E-state index in [1.165, 1.54) is 18.3 Å². The maximum absolute atomic E-state index is 13.2. The lowest BCUT2D eigenvalue weighted by atomic mass is 10.0. The van der Waals surface area contributed by atoms with Gasteiger partial charge in [-0.1, -0.05) is 13.3 Å². The Bertz CT molecular complexity index is 379. The highest BCUT2D eigenvalue weighted by Crippen LogP contribution is 2.10. The third-order valence-electron chi connectivity index (χ3n) is 2.79. The molecule has 1 amide bonds. The van der Waals surface area contributed by atoms with Crippen molar-refractivity contribution in [2.45, 2.75) is 26.2 Å². The molecule has 1 atom stereocenters. The van der Waals surface area contributed by atoms with Gasteiger partial charge in [-0.05, 0) is 30.9 Å². The molecule has 0 fully saturated rings. The van der Waals surface area contributed by atoms with Crippen LogP contribution in [-0.2, 0) is 0 Å². The zero-order chi connectivity index (χ0) is 13.4. The molecule has 5 heteroatoms. The fraction of sp³-hybridized carbons (Fsp3) is 0.538. The number of amides is 1. The molecule has 0 radical (unpaired) electrons. The molecule has 0 bridgehead atoms. The van der Waals surface area contributed by atoms with Crippen molar-refractivity contribution in [2.24, 2.45) is 5.92 Å². The van der Waals surface area contributed by atoms with E-state index in [2.05, 4.69) is 10.3 Å². The van der Waals surface area contributed by atoms with Crippen LogP contribution in [0.1, 0.15) is 36.5 Å². The van der Waals surface area contributed by atoms with Crippen molar-refractivity contribution >= 4 is 5.91 Å². The van der Waals surface area contributed by atoms with Gasteiger partial charge in [0.2, 0.25) is 5.95 Å². The summed E-state index contributed by atoms with van der Waals surface area (Å²) in [7, 11) is 0. The molecule has 0 aliphatic carbocycles. The first-order valence-corrected chi connectivity index (χ1v) is 6.18. The standard InChI is InChI=1S/C13H19FN2O2/c1-2-4-10(6-8-17)9-16-13(18)11-5-3-7-15-12(11)14/h3,5,7,10,17H,2,4,6,8-9H2,1H3,(H,16,18). The number of aliphatic hydroxyl groups excluding tert-OH is 1. The fourth-order valence-electron chi connectivity index (χ4n) is 1.83. The normalized spacial score (nSPS) is 12.2. The van der Waals surface area contributed by atoms with E-state index in [0.717, 1.165) is 12.8 Å². The van der Waals surface area contributed by atoms with Gasteiger partial charge >= 0.3 is 0 Å². The lowest BCUT2D eigenvalue weighted by Gasteiger charge is -2.15. The minimum atomic E-state index is -0.760. The monoisotopic (exact) mass is 254 g/mol. The number of hydrogen-bond acceptors (Lipinski definition) is 3. The van der Waals surface area contributed by atoms with Crippen molar-refractivity contribution in [2.75, 3.05) is 13.2 Å². The molecule has 4 nitrogen and oxygen atoms in total. The average Bonchev–Trinajstić information content (AvgIpc) is 2.36. The molecule has 1 rings (SSSR count). The second kappa shape index (κ2) is 7.76. The van der Waals surface area contributed by atoms with Gasteiger partial charge in [-0.25, -0.2) is 4.98 Å². The van der Waals surface area contributed by atoms with E-state index >= 15 is 0 Å². The summed E-state index contributed by atoms with van der Waals surface area (Å²) < 4.78 is 13.2. The summed E-state index contributed by atoms with van der Waals surface area (Å²) in [6.45, 7) is 2.59. The van der Waals surface area contributed by atoms with Crippen LogP contribution < -0.4 is 5.32 Å². The molecule has 1 heterocycles. The Morgan fingerprint density at radius 3 is 2.94 bits per heavy atom. The minimum absolute atomic E-state index is 0.0447. The van der Waals surface area contributed by atoms with E-state index in [1.807, 2.05) is 6.92 Å². The van der Waals surface area contributed by atoms with E-state index in [4.69, 9.17) is 5.11 Å². The third-order valence-corrected chi connectivity index (χ3v) is 2.79. The highest BCUT2D eigenvalue weighted by atomic mass is 19.1. The first kappa shape index (κ1) is 14.6. The predicted octanol–water partition coefficient (Wildman–Crippen LogP) is 1.75. The number of nitrogens with zero attached hydrogens (tertiary/aromatic N) is 1. The summed E-state index contributed by atoms with van der Waals surface area (Å²) in [5.41, 5.74) is -0.0447. The van der Waals surface area contributed by atoms with Gasteiger partial charge < -0.3 is 10.4 Å². The van der Waals surface area contributed by atoms with Crippen molar-refractivity contribution in [3.8, 4) is 0 Å². The predicted molar refractivity (Wildman–Crippen MR) is 66.6 cm³/mol. The molecule has 0 saturated heterocycles. The van der Waals surface area contributed by atoms with Crippen molar-refractivity contribution in [1.29, 1.82) is 0 Å². The molecule has 0 aromatic carbocycles. The number of carbonyl (C=O) groups excluding carboxylic acids is 1. The summed E-state index contributed by atoms with van der Waals surface area (Å²) in [6.07, 6.45) is 3.86. The average molecular weight is 254 g/mol. The maximum Gasteiger partial charge on any atom is 0.255 e. The summed E-state index contributed by atoms with van der Waals surface area (Å²) in [5.74, 6) is -0.993. The van der Waals surface area contributed by atoms with Gasteiger partial charge in [0, 0.05) is 19.3 Å². The Kier molecular flexibility index (Phi) is 6.28. The number of carbonyl (C=O) groups is 1. The summed E-state index contributed by atoms with van der Waals surface area (Å²) in [4.78, 5) is 15.2. The van der Waals surface area contributed by atoms with E-state index in [9.17, 15) is 9.18 Å². The third kappa shape index (κ3) is 4.41. The molecular formula is C13H19FN2O2. The molecule has 18 heavy (non-hydrogen) atoms. The van der Waals surface area contributed by atoms with Crippen molar-refractivity contribution in [1.82, 2.24) is 10.3 Å². The number of pyridine rings is 1. The number of nitrogens with one attached hydrogen (secondary N) is 1. The van der Waals surface area contributed by atoms with Crippen LogP contribution in [0.4, 0.5) is 4.39 Å². The molecule has 2 N–H and O–H groups in total. The highest BCUT2D eigenvalue weighted by molar-refractivity contribution is 5.94. The molecule has 0 spiro atoms. The summed E-state index contributed by atoms with van der Waals surface area (Å²) in [5, 5.41) is 11.6. The Labute approximate surface area is 106 Å². The first-order valence-electron chi connectivity index (χ1n) is 6.18. The van der Waals surface area contributed by atoms with Crippen molar-refractivity contribution in [3.63, 3.8) is 0 Å². The van der Waals surface area contributed by atoms with E-state index in [0.29, 0.717) is 13.0 Å². The van der Waals surface area contributed by atoms with Crippen LogP contribution >= 0.6 is 0 Å². The zero-order valence-corrected chi connectivity index (χ0v) is 10.5. The molecule has 1 aromatic heterocycles. The van der Waals surface area contributed by atoms with Gasteiger partial charge in [-0.15, -0.1) is 0 Å². The van der Waals surface area contributed by atoms with Crippen LogP contribution in [0.2, 0.25) is 0 Å². The quantitative estimate of drug-likeness (QED) is 0.729. The Morgan fingerprint density at radius 2 is 2.33 bits per heavy atom. The molecular weight excluding hydrogens is 235 g/mol. The van der Waals surface area contributed by atoms with E-state index in [1.54, 1.807) is 0 Å². The molecule has 0 saturated carbocycles. The zero-order valence-electron chi connectivity index (χ0n) is 10.5. The van der Waals surface area contributed by atoms with Crippen LogP contribution in [-0.4, -0.2) is 29.1 Å². The Morgan fingerprint density at radius 1 is 1.56 bits per heavy atom. The van der Waals surface area contributed by atoms with E-state index < -0.39 is 11.9 Å². The van der Waals surface area contributed by atoms with Gasteiger partial charge in [0.25, 0.3) is 5.91 Å². The minimum Gasteiger partial charge on any atom is -0.396 e. The Balaban J connectivity index is 2.52. The van der Waals surface area contributed by atoms with Crippen LogP contribution in [0.15, 0.2) is 18.3 Å². The molecule has 1 unspecified atom stereocenters. The second-order valence-corrected chi connectivity index (χ2v) is 4.22.